The highest BCUT2D eigenvalue weighted by Gasteiger charge is 2.09. The topological polar surface area (TPSA) is 68.6 Å². The maximum Gasteiger partial charge on any atom is 0.219 e. The smallest absolute Gasteiger partial charge is 0.219 e. The standard InChI is InChI=1S/C9H6Cl2N4OS2/c10-6-1-12-8(13-2-6)17-5-18(16)9-14-3-7(11)4-15-9/h1-4H,5H2. The summed E-state index contributed by atoms with van der Waals surface area (Å²) in [7, 11) is -1.33. The van der Waals surface area contributed by atoms with E-state index in [0.29, 0.717) is 15.2 Å². The van der Waals surface area contributed by atoms with Crippen LogP contribution in [0.15, 0.2) is 35.1 Å². The fourth-order valence-electron chi connectivity index (χ4n) is 0.952. The minimum Gasteiger partial charge on any atom is -0.250 e. The maximum atomic E-state index is 11.8. The Morgan fingerprint density at radius 2 is 1.50 bits per heavy atom. The zero-order valence-corrected chi connectivity index (χ0v) is 11.9. The summed E-state index contributed by atoms with van der Waals surface area (Å²) in [6, 6.07) is 0. The molecule has 0 aliphatic heterocycles. The van der Waals surface area contributed by atoms with E-state index in [1.807, 2.05) is 0 Å². The second kappa shape index (κ2) is 6.42. The van der Waals surface area contributed by atoms with Crippen LogP contribution in [0.25, 0.3) is 0 Å². The van der Waals surface area contributed by atoms with Crippen LogP contribution in [0.1, 0.15) is 0 Å². The summed E-state index contributed by atoms with van der Waals surface area (Å²) in [4.78, 5) is 15.7. The summed E-state index contributed by atoms with van der Waals surface area (Å²) in [5.41, 5.74) is 0. The Hall–Kier alpha value is -0.760. The van der Waals surface area contributed by atoms with E-state index in [4.69, 9.17) is 23.2 Å². The second-order valence-corrected chi connectivity index (χ2v) is 6.50. The number of thioether (sulfide) groups is 1. The number of halogens is 2. The predicted octanol–water partition coefficient (Wildman–Crippen LogP) is 2.43. The molecule has 9 heteroatoms. The van der Waals surface area contributed by atoms with Crippen LogP contribution in [0.5, 0.6) is 0 Å². The van der Waals surface area contributed by atoms with E-state index in [0.717, 1.165) is 0 Å². The van der Waals surface area contributed by atoms with Crippen LogP contribution in [-0.4, -0.2) is 29.2 Å². The fraction of sp³-hybridized carbons (Fsp3) is 0.111. The molecular weight excluding hydrogens is 315 g/mol. The van der Waals surface area contributed by atoms with E-state index in [1.54, 1.807) is 0 Å². The first-order valence-corrected chi connectivity index (χ1v) is 7.67. The Kier molecular flexibility index (Phi) is 4.87. The van der Waals surface area contributed by atoms with Crippen LogP contribution in [0, 0.1) is 0 Å². The lowest BCUT2D eigenvalue weighted by Gasteiger charge is -2.00. The Labute approximate surface area is 120 Å². The summed E-state index contributed by atoms with van der Waals surface area (Å²) in [5, 5.41) is 1.87. The number of aromatic nitrogens is 4. The lowest BCUT2D eigenvalue weighted by molar-refractivity contribution is 0.679. The number of nitrogens with zero attached hydrogens (tertiary/aromatic N) is 4. The van der Waals surface area contributed by atoms with Crippen molar-refractivity contribution in [2.75, 3.05) is 5.08 Å². The molecule has 0 radical (unpaired) electrons. The molecule has 2 heterocycles. The Bertz CT molecular complexity index is 549. The number of hydrogen-bond acceptors (Lipinski definition) is 6. The van der Waals surface area contributed by atoms with E-state index in [9.17, 15) is 4.21 Å². The molecule has 0 aliphatic rings. The monoisotopic (exact) mass is 320 g/mol. The minimum absolute atomic E-state index is 0.237. The molecule has 94 valence electrons. The van der Waals surface area contributed by atoms with Gasteiger partial charge in [0.25, 0.3) is 0 Å². The Balaban J connectivity index is 1.96. The van der Waals surface area contributed by atoms with Crippen molar-refractivity contribution in [1.82, 2.24) is 19.9 Å². The highest BCUT2D eigenvalue weighted by molar-refractivity contribution is 8.10. The highest BCUT2D eigenvalue weighted by Crippen LogP contribution is 2.17. The van der Waals surface area contributed by atoms with Gasteiger partial charge in [-0.3, -0.25) is 4.21 Å². The third-order valence-electron chi connectivity index (χ3n) is 1.69. The Morgan fingerprint density at radius 3 is 2.06 bits per heavy atom. The van der Waals surface area contributed by atoms with Gasteiger partial charge in [-0.15, -0.1) is 0 Å². The van der Waals surface area contributed by atoms with Crippen molar-refractivity contribution in [2.24, 2.45) is 0 Å². The molecule has 1 atom stereocenters. The van der Waals surface area contributed by atoms with Crippen LogP contribution in [0.3, 0.4) is 0 Å². The lowest BCUT2D eigenvalue weighted by atomic mass is 10.7. The van der Waals surface area contributed by atoms with Gasteiger partial charge in [-0.05, 0) is 0 Å². The zero-order valence-electron chi connectivity index (χ0n) is 8.79. The summed E-state index contributed by atoms with van der Waals surface area (Å²) < 4.78 is 11.8. The molecule has 2 aromatic heterocycles. The quantitative estimate of drug-likeness (QED) is 0.636. The van der Waals surface area contributed by atoms with Gasteiger partial charge in [-0.2, -0.15) is 0 Å². The molecule has 0 N–H and O–H groups in total. The van der Waals surface area contributed by atoms with Crippen LogP contribution >= 0.6 is 35.0 Å². The summed E-state index contributed by atoms with van der Waals surface area (Å²) in [6.07, 6.45) is 5.79. The van der Waals surface area contributed by atoms with E-state index in [-0.39, 0.29) is 10.2 Å². The average molecular weight is 321 g/mol. The molecule has 18 heavy (non-hydrogen) atoms. The molecule has 1 unspecified atom stereocenters. The van der Waals surface area contributed by atoms with Gasteiger partial charge < -0.3 is 0 Å². The van der Waals surface area contributed by atoms with Gasteiger partial charge in [0.05, 0.1) is 39.9 Å². The minimum atomic E-state index is -1.33. The molecule has 0 saturated heterocycles. The van der Waals surface area contributed by atoms with Crippen molar-refractivity contribution in [3.05, 3.63) is 34.8 Å². The van der Waals surface area contributed by atoms with Gasteiger partial charge in [0.2, 0.25) is 5.16 Å². The van der Waals surface area contributed by atoms with Crippen molar-refractivity contribution in [3.8, 4) is 0 Å². The molecule has 2 rings (SSSR count). The van der Waals surface area contributed by atoms with Crippen LogP contribution < -0.4 is 0 Å². The first-order chi connectivity index (χ1) is 8.65. The van der Waals surface area contributed by atoms with Crippen molar-refractivity contribution in [3.63, 3.8) is 0 Å². The molecule has 0 saturated carbocycles. The normalized spacial score (nSPS) is 12.3. The molecule has 0 aromatic carbocycles. The van der Waals surface area contributed by atoms with E-state index in [1.165, 1.54) is 36.5 Å². The van der Waals surface area contributed by atoms with Crippen molar-refractivity contribution in [2.45, 2.75) is 10.3 Å². The molecule has 5 nitrogen and oxygen atoms in total. The number of hydrogen-bond donors (Lipinski definition) is 0. The van der Waals surface area contributed by atoms with Gasteiger partial charge in [-0.1, -0.05) is 35.0 Å². The third-order valence-corrected chi connectivity index (χ3v) is 4.50. The van der Waals surface area contributed by atoms with E-state index < -0.39 is 10.8 Å². The Morgan fingerprint density at radius 1 is 1.00 bits per heavy atom. The summed E-state index contributed by atoms with van der Waals surface area (Å²) >= 11 is 12.5. The van der Waals surface area contributed by atoms with Crippen molar-refractivity contribution in [1.29, 1.82) is 0 Å². The highest BCUT2D eigenvalue weighted by atomic mass is 35.5. The fourth-order valence-corrected chi connectivity index (χ4v) is 3.01. The summed E-state index contributed by atoms with van der Waals surface area (Å²) in [6.45, 7) is 0. The van der Waals surface area contributed by atoms with Crippen molar-refractivity contribution < 1.29 is 4.21 Å². The van der Waals surface area contributed by atoms with Crippen LogP contribution in [0.2, 0.25) is 10.0 Å². The molecular formula is C9H6Cl2N4OS2. The van der Waals surface area contributed by atoms with Crippen LogP contribution in [0.4, 0.5) is 0 Å². The average Bonchev–Trinajstić information content (AvgIpc) is 2.38. The molecule has 0 amide bonds. The number of rotatable bonds is 4. The van der Waals surface area contributed by atoms with E-state index in [2.05, 4.69) is 19.9 Å². The summed E-state index contributed by atoms with van der Waals surface area (Å²) in [5.74, 6) is 0. The lowest BCUT2D eigenvalue weighted by Crippen LogP contribution is -2.01. The van der Waals surface area contributed by atoms with Gasteiger partial charge in [-0.25, -0.2) is 19.9 Å². The van der Waals surface area contributed by atoms with E-state index >= 15 is 0 Å². The first kappa shape index (κ1) is 13.7. The van der Waals surface area contributed by atoms with Gasteiger partial charge in [0.1, 0.15) is 10.8 Å². The second-order valence-electron chi connectivity index (χ2n) is 2.98. The van der Waals surface area contributed by atoms with Gasteiger partial charge in [0.15, 0.2) is 5.16 Å². The predicted molar refractivity (Wildman–Crippen MR) is 71.2 cm³/mol. The molecule has 0 aliphatic carbocycles. The maximum absolute atomic E-state index is 11.8. The van der Waals surface area contributed by atoms with Crippen molar-refractivity contribution >= 4 is 45.8 Å². The van der Waals surface area contributed by atoms with Gasteiger partial charge in [0, 0.05) is 0 Å². The van der Waals surface area contributed by atoms with Gasteiger partial charge >= 0.3 is 0 Å². The largest absolute Gasteiger partial charge is 0.250 e. The SMILES string of the molecule is O=S(CSc1ncc(Cl)cn1)c1ncc(Cl)cn1. The molecule has 0 fully saturated rings. The molecule has 2 aromatic rings. The molecule has 0 spiro atoms. The molecule has 0 bridgehead atoms. The third kappa shape index (κ3) is 3.88. The first-order valence-electron chi connectivity index (χ1n) is 4.61. The zero-order chi connectivity index (χ0) is 13.0. The van der Waals surface area contributed by atoms with Crippen LogP contribution in [-0.2, 0) is 10.8 Å².